The molecule has 1 aliphatic heterocycles. The largest absolute Gasteiger partial charge is 0.299 e. The molecule has 0 aliphatic carbocycles. The molecule has 0 spiro atoms. The number of sulfonamides is 1. The van der Waals surface area contributed by atoms with Gasteiger partial charge in [0.2, 0.25) is 10.0 Å². The van der Waals surface area contributed by atoms with Gasteiger partial charge in [-0.3, -0.25) is 9.58 Å². The van der Waals surface area contributed by atoms with Crippen molar-refractivity contribution in [3.05, 3.63) is 42.5 Å². The van der Waals surface area contributed by atoms with Crippen molar-refractivity contribution in [3.8, 4) is 6.07 Å². The molecule has 9 heteroatoms. The van der Waals surface area contributed by atoms with E-state index in [-0.39, 0.29) is 4.90 Å². The van der Waals surface area contributed by atoms with E-state index in [1.807, 2.05) is 6.07 Å². The Balaban J connectivity index is 1.57. The van der Waals surface area contributed by atoms with Crippen molar-refractivity contribution < 1.29 is 8.42 Å². The predicted molar refractivity (Wildman–Crippen MR) is 86.4 cm³/mol. The van der Waals surface area contributed by atoms with Crippen molar-refractivity contribution in [1.29, 1.82) is 5.26 Å². The first-order valence-electron chi connectivity index (χ1n) is 7.65. The fraction of sp³-hybridized carbons (Fsp3) is 0.400. The van der Waals surface area contributed by atoms with E-state index < -0.39 is 10.0 Å². The normalized spacial score (nSPS) is 16.8. The zero-order chi connectivity index (χ0) is 17.0. The first-order valence-corrected chi connectivity index (χ1v) is 9.09. The van der Waals surface area contributed by atoms with Crippen LogP contribution in [0.3, 0.4) is 0 Å². The maximum atomic E-state index is 12.6. The van der Waals surface area contributed by atoms with Crippen molar-refractivity contribution in [2.24, 2.45) is 0 Å². The van der Waals surface area contributed by atoms with Gasteiger partial charge >= 0.3 is 0 Å². The molecular formula is C15H18N6O2S. The maximum Gasteiger partial charge on any atom is 0.243 e. The van der Waals surface area contributed by atoms with E-state index in [1.165, 1.54) is 34.9 Å². The van der Waals surface area contributed by atoms with E-state index in [4.69, 9.17) is 5.26 Å². The smallest absolute Gasteiger partial charge is 0.243 e. The summed E-state index contributed by atoms with van der Waals surface area (Å²) in [6.07, 6.45) is 3.17. The summed E-state index contributed by atoms with van der Waals surface area (Å²) < 4.78 is 28.5. The molecule has 0 bridgehead atoms. The fourth-order valence-electron chi connectivity index (χ4n) is 2.64. The minimum atomic E-state index is -3.50. The molecule has 1 aromatic carbocycles. The molecule has 0 amide bonds. The quantitative estimate of drug-likeness (QED) is 0.765. The Morgan fingerprint density at radius 1 is 1.08 bits per heavy atom. The predicted octanol–water partition coefficient (Wildman–Crippen LogP) is 0.156. The third kappa shape index (κ3) is 3.62. The molecule has 8 nitrogen and oxygen atoms in total. The molecule has 1 aromatic heterocycles. The van der Waals surface area contributed by atoms with Gasteiger partial charge in [-0.15, -0.1) is 0 Å². The Morgan fingerprint density at radius 2 is 1.79 bits per heavy atom. The highest BCUT2D eigenvalue weighted by atomic mass is 32.2. The van der Waals surface area contributed by atoms with Crippen LogP contribution in [0, 0.1) is 11.3 Å². The Hall–Kier alpha value is -2.28. The summed E-state index contributed by atoms with van der Waals surface area (Å²) in [6, 6.07) is 8.03. The molecule has 1 saturated heterocycles. The van der Waals surface area contributed by atoms with Gasteiger partial charge in [-0.25, -0.2) is 13.4 Å². The van der Waals surface area contributed by atoms with Crippen molar-refractivity contribution >= 4 is 10.0 Å². The SMILES string of the molecule is N#Cc1ccc(S(=O)(=O)N2CCN(CCn3cncn3)CC2)cc1. The van der Waals surface area contributed by atoms with E-state index in [0.717, 1.165) is 13.1 Å². The average molecular weight is 346 g/mol. The van der Waals surface area contributed by atoms with Crippen LogP contribution in [0.15, 0.2) is 41.8 Å². The number of nitriles is 1. The Labute approximate surface area is 141 Å². The fourth-order valence-corrected chi connectivity index (χ4v) is 4.06. The van der Waals surface area contributed by atoms with Crippen LogP contribution >= 0.6 is 0 Å². The first-order chi connectivity index (χ1) is 11.6. The topological polar surface area (TPSA) is 95.1 Å². The van der Waals surface area contributed by atoms with Crippen LogP contribution in [-0.4, -0.2) is 65.1 Å². The lowest BCUT2D eigenvalue weighted by atomic mass is 10.2. The van der Waals surface area contributed by atoms with Gasteiger partial charge in [0.15, 0.2) is 0 Å². The lowest BCUT2D eigenvalue weighted by molar-refractivity contribution is 0.181. The van der Waals surface area contributed by atoms with E-state index >= 15 is 0 Å². The zero-order valence-electron chi connectivity index (χ0n) is 13.1. The summed E-state index contributed by atoms with van der Waals surface area (Å²) in [5, 5.41) is 12.9. The summed E-state index contributed by atoms with van der Waals surface area (Å²) in [6.45, 7) is 3.84. The second kappa shape index (κ2) is 7.09. The van der Waals surface area contributed by atoms with Crippen LogP contribution in [0.4, 0.5) is 0 Å². The molecule has 0 unspecified atom stereocenters. The number of rotatable bonds is 5. The molecule has 24 heavy (non-hydrogen) atoms. The number of piperazine rings is 1. The highest BCUT2D eigenvalue weighted by Gasteiger charge is 2.28. The van der Waals surface area contributed by atoms with Gasteiger partial charge in [-0.2, -0.15) is 14.7 Å². The maximum absolute atomic E-state index is 12.6. The van der Waals surface area contributed by atoms with Gasteiger partial charge in [-0.1, -0.05) is 0 Å². The second-order valence-electron chi connectivity index (χ2n) is 5.54. The molecule has 0 saturated carbocycles. The monoisotopic (exact) mass is 346 g/mol. The van der Waals surface area contributed by atoms with Crippen LogP contribution in [0.1, 0.15) is 5.56 Å². The van der Waals surface area contributed by atoms with Crippen LogP contribution in [0.2, 0.25) is 0 Å². The van der Waals surface area contributed by atoms with E-state index in [0.29, 0.717) is 31.7 Å². The number of nitrogens with zero attached hydrogens (tertiary/aromatic N) is 6. The van der Waals surface area contributed by atoms with Gasteiger partial charge in [0.05, 0.1) is 23.1 Å². The molecule has 0 N–H and O–H groups in total. The van der Waals surface area contributed by atoms with Crippen LogP contribution in [-0.2, 0) is 16.6 Å². The highest BCUT2D eigenvalue weighted by Crippen LogP contribution is 2.18. The number of aromatic nitrogens is 3. The lowest BCUT2D eigenvalue weighted by Gasteiger charge is -2.33. The van der Waals surface area contributed by atoms with Gasteiger partial charge in [0, 0.05) is 32.7 Å². The molecule has 2 aromatic rings. The van der Waals surface area contributed by atoms with E-state index in [1.54, 1.807) is 11.0 Å². The molecule has 3 rings (SSSR count). The molecule has 1 fully saturated rings. The minimum Gasteiger partial charge on any atom is -0.299 e. The van der Waals surface area contributed by atoms with Gasteiger partial charge in [-0.05, 0) is 24.3 Å². The van der Waals surface area contributed by atoms with Gasteiger partial charge in [0.1, 0.15) is 12.7 Å². The Morgan fingerprint density at radius 3 is 2.38 bits per heavy atom. The Bertz CT molecular complexity index is 803. The average Bonchev–Trinajstić information content (AvgIpc) is 3.14. The summed E-state index contributed by atoms with van der Waals surface area (Å²) in [7, 11) is -3.50. The Kier molecular flexibility index (Phi) is 4.89. The van der Waals surface area contributed by atoms with Crippen LogP contribution < -0.4 is 0 Å². The van der Waals surface area contributed by atoms with Crippen molar-refractivity contribution in [1.82, 2.24) is 24.0 Å². The number of hydrogen-bond donors (Lipinski definition) is 0. The van der Waals surface area contributed by atoms with Crippen molar-refractivity contribution in [2.45, 2.75) is 11.4 Å². The van der Waals surface area contributed by atoms with Gasteiger partial charge < -0.3 is 0 Å². The molecular weight excluding hydrogens is 328 g/mol. The van der Waals surface area contributed by atoms with Gasteiger partial charge in [0.25, 0.3) is 0 Å². The molecule has 2 heterocycles. The van der Waals surface area contributed by atoms with Crippen molar-refractivity contribution in [3.63, 3.8) is 0 Å². The van der Waals surface area contributed by atoms with Crippen LogP contribution in [0.5, 0.6) is 0 Å². The number of benzene rings is 1. The molecule has 0 radical (unpaired) electrons. The summed E-state index contributed by atoms with van der Waals surface area (Å²) in [5.41, 5.74) is 0.451. The third-order valence-electron chi connectivity index (χ3n) is 4.06. The van der Waals surface area contributed by atoms with E-state index in [2.05, 4.69) is 15.0 Å². The summed E-state index contributed by atoms with van der Waals surface area (Å²) in [4.78, 5) is 6.35. The molecule has 0 atom stereocenters. The second-order valence-corrected chi connectivity index (χ2v) is 7.48. The summed E-state index contributed by atoms with van der Waals surface area (Å²) in [5.74, 6) is 0. The van der Waals surface area contributed by atoms with Crippen LogP contribution in [0.25, 0.3) is 0 Å². The third-order valence-corrected chi connectivity index (χ3v) is 5.98. The zero-order valence-corrected chi connectivity index (χ0v) is 13.9. The highest BCUT2D eigenvalue weighted by molar-refractivity contribution is 7.89. The molecule has 1 aliphatic rings. The van der Waals surface area contributed by atoms with E-state index in [9.17, 15) is 8.42 Å². The van der Waals surface area contributed by atoms with Crippen molar-refractivity contribution in [2.75, 3.05) is 32.7 Å². The summed E-state index contributed by atoms with van der Waals surface area (Å²) >= 11 is 0. The number of hydrogen-bond acceptors (Lipinski definition) is 6. The lowest BCUT2D eigenvalue weighted by Crippen LogP contribution is -2.49. The standard InChI is InChI=1S/C15H18N6O2S/c16-11-14-1-3-15(4-2-14)24(22,23)21-9-6-19(7-10-21)5-8-20-13-17-12-18-20/h1-4,12-13H,5-10H2. The molecule has 126 valence electrons. The minimum absolute atomic E-state index is 0.234. The first kappa shape index (κ1) is 16.6.